The highest BCUT2D eigenvalue weighted by Gasteiger charge is 2.11. The minimum Gasteiger partial charge on any atom is -0.434 e. The number of oxazole rings is 1. The van der Waals surface area contributed by atoms with Gasteiger partial charge < -0.3 is 14.5 Å². The molecule has 6 nitrogen and oxygen atoms in total. The number of para-hydroxylation sites is 3. The monoisotopic (exact) mass is 376 g/mol. The molecule has 1 aromatic heterocycles. The van der Waals surface area contributed by atoms with Crippen LogP contribution in [0.3, 0.4) is 0 Å². The van der Waals surface area contributed by atoms with E-state index >= 15 is 0 Å². The van der Waals surface area contributed by atoms with Crippen molar-refractivity contribution in [2.75, 3.05) is 0 Å². The number of nitrogens with zero attached hydrogens (tertiary/aromatic N) is 1. The minimum absolute atomic E-state index is 0.0317. The van der Waals surface area contributed by atoms with Gasteiger partial charge in [-0.3, -0.25) is 9.36 Å². The average Bonchev–Trinajstić information content (AvgIpc) is 2.96. The van der Waals surface area contributed by atoms with E-state index in [-0.39, 0.29) is 24.6 Å². The average molecular weight is 376 g/mol. The number of carbonyl (C=O) groups excluding carboxylic acids is 1. The van der Waals surface area contributed by atoms with Crippen molar-refractivity contribution in [3.8, 4) is 5.75 Å². The number of hydrogen-bond donors (Lipinski definition) is 1. The van der Waals surface area contributed by atoms with Crippen LogP contribution in [0.5, 0.6) is 5.75 Å². The zero-order chi connectivity index (χ0) is 19.2. The highest BCUT2D eigenvalue weighted by atomic mass is 19.3. The number of aromatic nitrogens is 1. The Morgan fingerprint density at radius 3 is 2.70 bits per heavy atom. The summed E-state index contributed by atoms with van der Waals surface area (Å²) in [6, 6.07) is 13.3. The third-order valence-electron chi connectivity index (χ3n) is 4.02. The maximum absolute atomic E-state index is 12.4. The normalized spacial score (nSPS) is 11.1. The number of amides is 1. The van der Waals surface area contributed by atoms with Gasteiger partial charge in [0.2, 0.25) is 5.91 Å². The number of alkyl halides is 2. The number of benzene rings is 2. The smallest absolute Gasteiger partial charge is 0.419 e. The number of rotatable bonds is 8. The van der Waals surface area contributed by atoms with Crippen molar-refractivity contribution in [3.05, 3.63) is 64.6 Å². The summed E-state index contributed by atoms with van der Waals surface area (Å²) in [5.41, 5.74) is 1.65. The van der Waals surface area contributed by atoms with Gasteiger partial charge in [0.15, 0.2) is 5.58 Å². The second-order valence-corrected chi connectivity index (χ2v) is 5.85. The number of carbonyl (C=O) groups is 1. The highest BCUT2D eigenvalue weighted by molar-refractivity contribution is 5.76. The molecule has 8 heteroatoms. The van der Waals surface area contributed by atoms with Gasteiger partial charge in [-0.2, -0.15) is 8.78 Å². The number of halogens is 2. The Morgan fingerprint density at radius 2 is 1.89 bits per heavy atom. The molecule has 0 bridgehead atoms. The molecule has 0 aliphatic rings. The molecule has 3 rings (SSSR count). The number of ether oxygens (including phenoxy) is 1. The van der Waals surface area contributed by atoms with Gasteiger partial charge in [0, 0.05) is 25.1 Å². The van der Waals surface area contributed by atoms with E-state index in [0.29, 0.717) is 29.6 Å². The minimum atomic E-state index is -2.93. The van der Waals surface area contributed by atoms with Crippen LogP contribution in [-0.2, 0) is 17.9 Å². The van der Waals surface area contributed by atoms with E-state index in [4.69, 9.17) is 4.42 Å². The Kier molecular flexibility index (Phi) is 5.85. The number of fused-ring (bicyclic) bond motifs is 1. The van der Waals surface area contributed by atoms with Crippen LogP contribution in [0.4, 0.5) is 8.78 Å². The summed E-state index contributed by atoms with van der Waals surface area (Å²) in [6.45, 7) is -2.50. The molecule has 142 valence electrons. The summed E-state index contributed by atoms with van der Waals surface area (Å²) in [6.07, 6.45) is 0.619. The molecule has 0 aliphatic carbocycles. The molecule has 3 aromatic rings. The molecule has 2 aromatic carbocycles. The van der Waals surface area contributed by atoms with Crippen molar-refractivity contribution in [1.82, 2.24) is 9.88 Å². The van der Waals surface area contributed by atoms with E-state index in [1.807, 2.05) is 0 Å². The molecular weight excluding hydrogens is 358 g/mol. The van der Waals surface area contributed by atoms with Crippen LogP contribution in [0.25, 0.3) is 11.1 Å². The quantitative estimate of drug-likeness (QED) is 0.655. The zero-order valence-corrected chi connectivity index (χ0v) is 14.4. The molecule has 1 amide bonds. The molecule has 0 atom stereocenters. The number of hydrogen-bond acceptors (Lipinski definition) is 4. The molecule has 1 N–H and O–H groups in total. The van der Waals surface area contributed by atoms with E-state index in [9.17, 15) is 18.4 Å². The fraction of sp³-hybridized carbons (Fsp3) is 0.263. The zero-order valence-electron chi connectivity index (χ0n) is 14.4. The molecule has 0 aliphatic heterocycles. The van der Waals surface area contributed by atoms with E-state index in [1.165, 1.54) is 10.6 Å². The van der Waals surface area contributed by atoms with Crippen molar-refractivity contribution in [2.45, 2.75) is 32.5 Å². The third kappa shape index (κ3) is 4.72. The summed E-state index contributed by atoms with van der Waals surface area (Å²) in [7, 11) is 0. The topological polar surface area (TPSA) is 73.5 Å². The first kappa shape index (κ1) is 18.6. The molecule has 27 heavy (non-hydrogen) atoms. The predicted octanol–water partition coefficient (Wildman–Crippen LogP) is 3.29. The van der Waals surface area contributed by atoms with Gasteiger partial charge in [-0.15, -0.1) is 0 Å². The lowest BCUT2D eigenvalue weighted by molar-refractivity contribution is -0.121. The van der Waals surface area contributed by atoms with Gasteiger partial charge in [-0.1, -0.05) is 30.3 Å². The SMILES string of the molecule is O=C(CCCn1c(=O)oc2ccccc21)NCc1ccccc1OC(F)F. The maximum atomic E-state index is 12.4. The molecule has 0 unspecified atom stereocenters. The van der Waals surface area contributed by atoms with Gasteiger partial charge in [0.05, 0.1) is 5.52 Å². The summed E-state index contributed by atoms with van der Waals surface area (Å²) >= 11 is 0. The molecule has 1 heterocycles. The van der Waals surface area contributed by atoms with Crippen LogP contribution in [0.1, 0.15) is 18.4 Å². The summed E-state index contributed by atoms with van der Waals surface area (Å²) in [4.78, 5) is 23.9. The lowest BCUT2D eigenvalue weighted by atomic mass is 10.2. The van der Waals surface area contributed by atoms with Crippen molar-refractivity contribution in [1.29, 1.82) is 0 Å². The van der Waals surface area contributed by atoms with Crippen LogP contribution >= 0.6 is 0 Å². The van der Waals surface area contributed by atoms with Gasteiger partial charge in [0.1, 0.15) is 5.75 Å². The summed E-state index contributed by atoms with van der Waals surface area (Å²) in [5.74, 6) is -0.679. The van der Waals surface area contributed by atoms with E-state index in [2.05, 4.69) is 10.1 Å². The van der Waals surface area contributed by atoms with Gasteiger partial charge in [-0.25, -0.2) is 4.79 Å². The Bertz CT molecular complexity index is 981. The Hall–Kier alpha value is -3.16. The molecule has 0 spiro atoms. The Labute approximate surface area is 153 Å². The van der Waals surface area contributed by atoms with E-state index in [0.717, 1.165) is 0 Å². The van der Waals surface area contributed by atoms with Gasteiger partial charge >= 0.3 is 12.4 Å². The fourth-order valence-electron chi connectivity index (χ4n) is 2.77. The van der Waals surface area contributed by atoms with Gasteiger partial charge in [0.25, 0.3) is 0 Å². The van der Waals surface area contributed by atoms with E-state index in [1.54, 1.807) is 42.5 Å². The third-order valence-corrected chi connectivity index (χ3v) is 4.02. The van der Waals surface area contributed by atoms with Crippen molar-refractivity contribution in [3.63, 3.8) is 0 Å². The first-order chi connectivity index (χ1) is 13.0. The second-order valence-electron chi connectivity index (χ2n) is 5.85. The first-order valence-electron chi connectivity index (χ1n) is 8.42. The van der Waals surface area contributed by atoms with Gasteiger partial charge in [-0.05, 0) is 24.6 Å². The number of nitrogens with one attached hydrogen (secondary N) is 1. The summed E-state index contributed by atoms with van der Waals surface area (Å²) in [5, 5.41) is 2.67. The maximum Gasteiger partial charge on any atom is 0.419 e. The van der Waals surface area contributed by atoms with Crippen LogP contribution in [-0.4, -0.2) is 17.1 Å². The van der Waals surface area contributed by atoms with Crippen molar-refractivity contribution in [2.24, 2.45) is 0 Å². The molecule has 0 saturated carbocycles. The summed E-state index contributed by atoms with van der Waals surface area (Å²) < 4.78 is 35.8. The largest absolute Gasteiger partial charge is 0.434 e. The molecule has 0 saturated heterocycles. The Balaban J connectivity index is 1.52. The fourth-order valence-corrected chi connectivity index (χ4v) is 2.77. The molecular formula is C19H18F2N2O4. The molecule has 0 radical (unpaired) electrons. The lowest BCUT2D eigenvalue weighted by Crippen LogP contribution is -2.24. The van der Waals surface area contributed by atoms with Crippen LogP contribution in [0, 0.1) is 0 Å². The lowest BCUT2D eigenvalue weighted by Gasteiger charge is -2.11. The first-order valence-corrected chi connectivity index (χ1v) is 8.42. The van der Waals surface area contributed by atoms with E-state index < -0.39 is 12.4 Å². The number of aryl methyl sites for hydroxylation is 1. The Morgan fingerprint density at radius 1 is 1.15 bits per heavy atom. The van der Waals surface area contributed by atoms with Crippen molar-refractivity contribution < 1.29 is 22.7 Å². The second kappa shape index (κ2) is 8.48. The van der Waals surface area contributed by atoms with Crippen LogP contribution in [0.15, 0.2) is 57.7 Å². The predicted molar refractivity (Wildman–Crippen MR) is 94.6 cm³/mol. The van der Waals surface area contributed by atoms with Crippen molar-refractivity contribution >= 4 is 17.0 Å². The molecule has 0 fully saturated rings. The van der Waals surface area contributed by atoms with Crippen LogP contribution in [0.2, 0.25) is 0 Å². The standard InChI is InChI=1S/C19H18F2N2O4/c20-18(21)26-15-8-3-1-6-13(15)12-22-17(24)10-5-11-23-14-7-2-4-9-16(14)27-19(23)25/h1-4,6-9,18H,5,10-12H2,(H,22,24). The highest BCUT2D eigenvalue weighted by Crippen LogP contribution is 2.20. The van der Waals surface area contributed by atoms with Crippen LogP contribution < -0.4 is 15.8 Å².